The van der Waals surface area contributed by atoms with E-state index in [9.17, 15) is 19.5 Å². The van der Waals surface area contributed by atoms with Crippen molar-refractivity contribution in [3.05, 3.63) is 12.2 Å². The zero-order valence-corrected chi connectivity index (χ0v) is 20.5. The molecule has 0 aromatic heterocycles. The normalized spacial score (nSPS) is 12.7. The number of quaternary nitrogens is 1. The lowest BCUT2D eigenvalue weighted by atomic mass is 10.1. The Balaban J connectivity index is 3.62. The fraction of sp³-hybridized carbons (Fsp3) is 0.800. The van der Waals surface area contributed by atoms with Crippen molar-refractivity contribution in [1.29, 1.82) is 0 Å². The van der Waals surface area contributed by atoms with Crippen LogP contribution in [0.2, 0.25) is 0 Å². The molecule has 1 atom stereocenters. The number of carboxylic acids is 2. The van der Waals surface area contributed by atoms with Crippen LogP contribution in [0.5, 0.6) is 0 Å². The molecule has 0 aliphatic heterocycles. The molecule has 0 rings (SSSR count). The van der Waals surface area contributed by atoms with Crippen molar-refractivity contribution in [3.63, 3.8) is 0 Å². The van der Waals surface area contributed by atoms with Crippen molar-refractivity contribution >= 4 is 17.9 Å². The molecule has 1 unspecified atom stereocenters. The van der Waals surface area contributed by atoms with Crippen LogP contribution in [-0.4, -0.2) is 61.3 Å². The van der Waals surface area contributed by atoms with Gasteiger partial charge in [-0.1, -0.05) is 50.7 Å². The van der Waals surface area contributed by atoms with E-state index in [1.807, 2.05) is 21.1 Å². The van der Waals surface area contributed by atoms with Crippen LogP contribution < -0.4 is 5.11 Å². The predicted molar refractivity (Wildman–Crippen MR) is 124 cm³/mol. The minimum absolute atomic E-state index is 0.262. The number of ether oxygens (including phenoxy) is 1. The van der Waals surface area contributed by atoms with Gasteiger partial charge < -0.3 is 24.2 Å². The predicted octanol–water partition coefficient (Wildman–Crippen LogP) is 3.85. The largest absolute Gasteiger partial charge is 0.550 e. The number of allylic oxidation sites excluding steroid dienone is 2. The SMILES string of the molecule is C[N+](C)(C)CC(CC(=O)[O-])OC(=O)CCCCCCC/C=C\CCCCCCCC(=O)O. The van der Waals surface area contributed by atoms with E-state index in [2.05, 4.69) is 12.2 Å². The number of nitrogens with zero attached hydrogens (tertiary/aromatic N) is 1. The highest BCUT2D eigenvalue weighted by atomic mass is 16.5. The number of rotatable bonds is 21. The number of likely N-dealkylation sites (N-methyl/N-ethyl adjacent to an activating group) is 1. The third-order valence-corrected chi connectivity index (χ3v) is 5.12. The summed E-state index contributed by atoms with van der Waals surface area (Å²) in [6.45, 7) is 0.444. The average Bonchev–Trinajstić information content (AvgIpc) is 2.65. The van der Waals surface area contributed by atoms with Crippen LogP contribution in [0.1, 0.15) is 96.3 Å². The lowest BCUT2D eigenvalue weighted by Gasteiger charge is -2.29. The first-order chi connectivity index (χ1) is 15.1. The summed E-state index contributed by atoms with van der Waals surface area (Å²) in [5.41, 5.74) is 0. The van der Waals surface area contributed by atoms with Gasteiger partial charge in [-0.05, 0) is 38.5 Å². The van der Waals surface area contributed by atoms with E-state index in [-0.39, 0.29) is 18.8 Å². The minimum atomic E-state index is -1.20. The van der Waals surface area contributed by atoms with Crippen molar-refractivity contribution < 1.29 is 33.8 Å². The molecule has 0 bridgehead atoms. The first-order valence-electron chi connectivity index (χ1n) is 12.2. The van der Waals surface area contributed by atoms with E-state index >= 15 is 0 Å². The lowest BCUT2D eigenvalue weighted by molar-refractivity contribution is -0.873. The van der Waals surface area contributed by atoms with Gasteiger partial charge in [0.15, 0.2) is 6.10 Å². The molecule has 0 radical (unpaired) electrons. The van der Waals surface area contributed by atoms with Crippen molar-refractivity contribution in [1.82, 2.24) is 0 Å². The molecule has 0 aliphatic carbocycles. The zero-order chi connectivity index (χ0) is 24.2. The van der Waals surface area contributed by atoms with Crippen LogP contribution in [0.15, 0.2) is 12.2 Å². The Bertz CT molecular complexity index is 553. The van der Waals surface area contributed by atoms with Crippen molar-refractivity contribution in [2.24, 2.45) is 0 Å². The summed E-state index contributed by atoms with van der Waals surface area (Å²) < 4.78 is 5.88. The Morgan fingerprint density at radius 1 is 0.812 bits per heavy atom. The molecule has 7 nitrogen and oxygen atoms in total. The molecular weight excluding hydrogens is 410 g/mol. The van der Waals surface area contributed by atoms with E-state index in [1.165, 1.54) is 0 Å². The van der Waals surface area contributed by atoms with Gasteiger partial charge in [0.25, 0.3) is 0 Å². The topological polar surface area (TPSA) is 104 Å². The molecule has 0 aromatic carbocycles. The second kappa shape index (κ2) is 18.7. The molecule has 7 heteroatoms. The Hall–Kier alpha value is -1.89. The number of unbranched alkanes of at least 4 members (excludes halogenated alkanes) is 10. The van der Waals surface area contributed by atoms with Crippen LogP contribution >= 0.6 is 0 Å². The maximum Gasteiger partial charge on any atom is 0.306 e. The van der Waals surface area contributed by atoms with Gasteiger partial charge in [0, 0.05) is 25.2 Å². The van der Waals surface area contributed by atoms with Gasteiger partial charge in [-0.3, -0.25) is 9.59 Å². The third kappa shape index (κ3) is 22.8. The molecule has 0 aromatic rings. The summed E-state index contributed by atoms with van der Waals surface area (Å²) in [6.07, 6.45) is 16.7. The number of aliphatic carboxylic acids is 2. The van der Waals surface area contributed by atoms with Gasteiger partial charge in [0.1, 0.15) is 6.54 Å². The smallest absolute Gasteiger partial charge is 0.306 e. The lowest BCUT2D eigenvalue weighted by Crippen LogP contribution is -2.45. The number of esters is 1. The Labute approximate surface area is 194 Å². The van der Waals surface area contributed by atoms with Gasteiger partial charge in [-0.15, -0.1) is 0 Å². The molecule has 0 aliphatic rings. The summed E-state index contributed by atoms with van der Waals surface area (Å²) in [7, 11) is 5.79. The van der Waals surface area contributed by atoms with E-state index in [0.717, 1.165) is 77.0 Å². The molecule has 0 saturated carbocycles. The number of hydrogen-bond donors (Lipinski definition) is 1. The van der Waals surface area contributed by atoms with Crippen molar-refractivity contribution in [2.45, 2.75) is 102 Å². The zero-order valence-electron chi connectivity index (χ0n) is 20.5. The quantitative estimate of drug-likeness (QED) is 0.122. The highest BCUT2D eigenvalue weighted by molar-refractivity contribution is 5.70. The van der Waals surface area contributed by atoms with Gasteiger partial charge in [-0.25, -0.2) is 0 Å². The van der Waals surface area contributed by atoms with Gasteiger partial charge in [-0.2, -0.15) is 0 Å². The monoisotopic (exact) mass is 455 g/mol. The van der Waals surface area contributed by atoms with Crippen molar-refractivity contribution in [2.75, 3.05) is 27.7 Å². The molecule has 0 saturated heterocycles. The number of carbonyl (C=O) groups is 3. The number of carbonyl (C=O) groups excluding carboxylic acids is 2. The number of hydrogen-bond acceptors (Lipinski definition) is 5. The van der Waals surface area contributed by atoms with Gasteiger partial charge in [0.05, 0.1) is 21.1 Å². The second-order valence-electron chi connectivity index (χ2n) is 9.64. The van der Waals surface area contributed by atoms with Crippen LogP contribution in [0.4, 0.5) is 0 Å². The molecule has 0 spiro atoms. The van der Waals surface area contributed by atoms with Crippen LogP contribution in [-0.2, 0) is 19.1 Å². The minimum Gasteiger partial charge on any atom is -0.550 e. The van der Waals surface area contributed by atoms with Gasteiger partial charge >= 0.3 is 11.9 Å². The fourth-order valence-corrected chi connectivity index (χ4v) is 3.55. The van der Waals surface area contributed by atoms with E-state index in [1.54, 1.807) is 0 Å². The third-order valence-electron chi connectivity index (χ3n) is 5.12. The molecular formula is C25H45NO6. The molecule has 32 heavy (non-hydrogen) atoms. The maximum absolute atomic E-state index is 12.0. The van der Waals surface area contributed by atoms with Crippen LogP contribution in [0.3, 0.4) is 0 Å². The first-order valence-corrected chi connectivity index (χ1v) is 12.2. The molecule has 186 valence electrons. The van der Waals surface area contributed by atoms with Gasteiger partial charge in [0.2, 0.25) is 0 Å². The van der Waals surface area contributed by atoms with Crippen LogP contribution in [0.25, 0.3) is 0 Å². The molecule has 0 fully saturated rings. The molecule has 0 amide bonds. The summed E-state index contributed by atoms with van der Waals surface area (Å²) >= 11 is 0. The summed E-state index contributed by atoms with van der Waals surface area (Å²) in [5.74, 6) is -2.22. The van der Waals surface area contributed by atoms with Crippen LogP contribution in [0, 0.1) is 0 Å². The highest BCUT2D eigenvalue weighted by Crippen LogP contribution is 2.12. The average molecular weight is 456 g/mol. The fourth-order valence-electron chi connectivity index (χ4n) is 3.55. The van der Waals surface area contributed by atoms with E-state index in [0.29, 0.717) is 17.4 Å². The Morgan fingerprint density at radius 2 is 1.28 bits per heavy atom. The molecule has 0 heterocycles. The van der Waals surface area contributed by atoms with E-state index in [4.69, 9.17) is 9.84 Å². The maximum atomic E-state index is 12.0. The standard InChI is InChI=1S/C25H45NO6/c1-26(2,3)21-22(20-24(29)30)32-25(31)19-17-15-13-11-9-7-5-4-6-8-10-12-14-16-18-23(27)28/h4-5,22H,6-21H2,1-3H3,(H-,27,28,29,30)/b5-4-. The first kappa shape index (κ1) is 30.1. The molecule has 1 N–H and O–H groups in total. The summed E-state index contributed by atoms with van der Waals surface area (Å²) in [5, 5.41) is 19.4. The van der Waals surface area contributed by atoms with Crippen molar-refractivity contribution in [3.8, 4) is 0 Å². The second-order valence-corrected chi connectivity index (χ2v) is 9.64. The highest BCUT2D eigenvalue weighted by Gasteiger charge is 2.22. The summed E-state index contributed by atoms with van der Waals surface area (Å²) in [6, 6.07) is 0. The summed E-state index contributed by atoms with van der Waals surface area (Å²) in [4.78, 5) is 33.3. The number of carboxylic acid groups (broad SMARTS) is 2. The Kier molecular flexibility index (Phi) is 17.6. The van der Waals surface area contributed by atoms with E-state index < -0.39 is 18.0 Å². The Morgan fingerprint density at radius 3 is 1.75 bits per heavy atom.